The number of fused-ring (bicyclic) bond motifs is 1. The Balaban J connectivity index is 1.95. The van der Waals surface area contributed by atoms with E-state index in [9.17, 15) is 31.9 Å². The number of pyridine rings is 1. The second-order valence-corrected chi connectivity index (χ2v) is 7.76. The van der Waals surface area contributed by atoms with E-state index in [4.69, 9.17) is 0 Å². The summed E-state index contributed by atoms with van der Waals surface area (Å²) in [6, 6.07) is -0.803. The van der Waals surface area contributed by atoms with E-state index in [2.05, 4.69) is 10.3 Å². The first kappa shape index (κ1) is 23.4. The monoisotopic (exact) mass is 454 g/mol. The summed E-state index contributed by atoms with van der Waals surface area (Å²) in [5, 5.41) is 4.28. The standard InChI is InChI=1S/C21H22F4N4O3/c1-10-8-13(9-26-18(10)22)28-19(31)15-11(2)16(29-7-5-4-6-14(15)29)17(30)20(32)27-12(3)21(23,24)25/h8-9,12H,4-7H2,1-3H3,(H,27,32)(H,28,31)/t12-/m0/s1. The van der Waals surface area contributed by atoms with Crippen molar-refractivity contribution in [1.82, 2.24) is 14.9 Å². The molecule has 0 fully saturated rings. The molecule has 32 heavy (non-hydrogen) atoms. The van der Waals surface area contributed by atoms with Gasteiger partial charge in [0.1, 0.15) is 6.04 Å². The van der Waals surface area contributed by atoms with Crippen LogP contribution in [-0.4, -0.2) is 39.4 Å². The lowest BCUT2D eigenvalue weighted by Crippen LogP contribution is -2.46. The van der Waals surface area contributed by atoms with Crippen LogP contribution in [0.4, 0.5) is 23.2 Å². The summed E-state index contributed by atoms with van der Waals surface area (Å²) in [4.78, 5) is 41.6. The normalized spacial score (nSPS) is 14.5. The minimum Gasteiger partial charge on any atom is -0.341 e. The molecule has 2 N–H and O–H groups in total. The van der Waals surface area contributed by atoms with Gasteiger partial charge >= 0.3 is 6.18 Å². The molecule has 0 radical (unpaired) electrons. The van der Waals surface area contributed by atoms with Gasteiger partial charge in [0.05, 0.1) is 23.1 Å². The number of rotatable bonds is 5. The van der Waals surface area contributed by atoms with Crippen molar-refractivity contribution in [2.45, 2.75) is 58.8 Å². The molecule has 3 rings (SSSR count). The summed E-state index contributed by atoms with van der Waals surface area (Å²) < 4.78 is 53.3. The molecule has 172 valence electrons. The van der Waals surface area contributed by atoms with Crippen molar-refractivity contribution >= 4 is 23.3 Å². The van der Waals surface area contributed by atoms with Gasteiger partial charge in [-0.2, -0.15) is 17.6 Å². The fourth-order valence-electron chi connectivity index (χ4n) is 3.74. The summed E-state index contributed by atoms with van der Waals surface area (Å²) in [5.74, 6) is -3.79. The van der Waals surface area contributed by atoms with Gasteiger partial charge < -0.3 is 15.2 Å². The minimum atomic E-state index is -4.70. The Kier molecular flexibility index (Phi) is 6.38. The van der Waals surface area contributed by atoms with E-state index in [1.807, 2.05) is 0 Å². The Morgan fingerprint density at radius 1 is 1.19 bits per heavy atom. The van der Waals surface area contributed by atoms with E-state index in [0.717, 1.165) is 19.5 Å². The average Bonchev–Trinajstić information content (AvgIpc) is 3.01. The number of Topliss-reactive ketones (excluding diaryl/α,β-unsaturated/α-hetero) is 1. The number of nitrogens with one attached hydrogen (secondary N) is 2. The minimum absolute atomic E-state index is 0.106. The first-order valence-electron chi connectivity index (χ1n) is 9.99. The lowest BCUT2D eigenvalue weighted by molar-refractivity contribution is -0.156. The SMILES string of the molecule is Cc1cc(NC(=O)c2c(C)c(C(=O)C(=O)N[C@@H](C)C(F)(F)F)n3c2CCCC3)cnc1F. The number of carbonyl (C=O) groups excluding carboxylic acids is 3. The maximum atomic E-state index is 13.4. The van der Waals surface area contributed by atoms with Crippen LogP contribution in [0.1, 0.15) is 57.4 Å². The van der Waals surface area contributed by atoms with Gasteiger partial charge in [-0.3, -0.25) is 14.4 Å². The Bertz CT molecular complexity index is 1090. The summed E-state index contributed by atoms with van der Waals surface area (Å²) in [7, 11) is 0. The molecule has 0 spiro atoms. The molecule has 7 nitrogen and oxygen atoms in total. The zero-order valence-corrected chi connectivity index (χ0v) is 17.7. The largest absolute Gasteiger partial charge is 0.408 e. The Morgan fingerprint density at radius 2 is 1.88 bits per heavy atom. The van der Waals surface area contributed by atoms with Crippen molar-refractivity contribution in [3.05, 3.63) is 46.3 Å². The zero-order chi connectivity index (χ0) is 23.8. The second kappa shape index (κ2) is 8.71. The molecule has 2 amide bonds. The third-order valence-corrected chi connectivity index (χ3v) is 5.42. The average molecular weight is 454 g/mol. The molecule has 1 atom stereocenters. The highest BCUT2D eigenvalue weighted by atomic mass is 19.4. The topological polar surface area (TPSA) is 93.1 Å². The predicted molar refractivity (Wildman–Crippen MR) is 107 cm³/mol. The summed E-state index contributed by atoms with van der Waals surface area (Å²) in [5.41, 5.74) is 1.26. The molecule has 0 aliphatic carbocycles. The van der Waals surface area contributed by atoms with E-state index < -0.39 is 35.8 Å². The maximum Gasteiger partial charge on any atom is 0.408 e. The highest BCUT2D eigenvalue weighted by Crippen LogP contribution is 2.30. The molecule has 1 aliphatic heterocycles. The maximum absolute atomic E-state index is 13.4. The summed E-state index contributed by atoms with van der Waals surface area (Å²) >= 11 is 0. The molecule has 0 saturated heterocycles. The van der Waals surface area contributed by atoms with Crippen molar-refractivity contribution in [3.8, 4) is 0 Å². The molecule has 2 aromatic heterocycles. The lowest BCUT2D eigenvalue weighted by Gasteiger charge is -2.19. The van der Waals surface area contributed by atoms with Gasteiger partial charge in [0.2, 0.25) is 5.95 Å². The van der Waals surface area contributed by atoms with Crippen LogP contribution in [0.5, 0.6) is 0 Å². The number of halogens is 4. The van der Waals surface area contributed by atoms with Crippen LogP contribution in [-0.2, 0) is 17.8 Å². The molecule has 3 heterocycles. The number of alkyl halides is 3. The van der Waals surface area contributed by atoms with E-state index in [-0.39, 0.29) is 28.1 Å². The third kappa shape index (κ3) is 4.51. The van der Waals surface area contributed by atoms with Gasteiger partial charge in [-0.1, -0.05) is 0 Å². The smallest absolute Gasteiger partial charge is 0.341 e. The molecule has 1 aliphatic rings. The fraction of sp³-hybridized carbons (Fsp3) is 0.429. The van der Waals surface area contributed by atoms with Gasteiger partial charge in [0.15, 0.2) is 0 Å². The van der Waals surface area contributed by atoms with Crippen LogP contribution in [0.3, 0.4) is 0 Å². The van der Waals surface area contributed by atoms with Gasteiger partial charge in [-0.25, -0.2) is 4.98 Å². The number of carbonyl (C=O) groups is 3. The van der Waals surface area contributed by atoms with Crippen molar-refractivity contribution in [1.29, 1.82) is 0 Å². The first-order valence-corrected chi connectivity index (χ1v) is 9.99. The van der Waals surface area contributed by atoms with Crippen molar-refractivity contribution < 1.29 is 31.9 Å². The van der Waals surface area contributed by atoms with Crippen molar-refractivity contribution in [2.75, 3.05) is 5.32 Å². The highest BCUT2D eigenvalue weighted by molar-refractivity contribution is 6.43. The fourth-order valence-corrected chi connectivity index (χ4v) is 3.74. The van der Waals surface area contributed by atoms with Crippen LogP contribution in [0, 0.1) is 19.8 Å². The number of hydrogen-bond donors (Lipinski definition) is 2. The molecule has 11 heteroatoms. The van der Waals surface area contributed by atoms with Crippen molar-refractivity contribution in [2.24, 2.45) is 0 Å². The molecule has 0 saturated carbocycles. The van der Waals surface area contributed by atoms with Crippen LogP contribution in [0.2, 0.25) is 0 Å². The Morgan fingerprint density at radius 3 is 2.50 bits per heavy atom. The molecule has 0 unspecified atom stereocenters. The van der Waals surface area contributed by atoms with Crippen LogP contribution < -0.4 is 10.6 Å². The molecule has 2 aromatic rings. The summed E-state index contributed by atoms with van der Waals surface area (Å²) in [6.45, 7) is 4.05. The number of nitrogens with zero attached hydrogens (tertiary/aromatic N) is 2. The Labute approximate surface area is 181 Å². The van der Waals surface area contributed by atoms with Gasteiger partial charge in [-0.05, 0) is 51.7 Å². The Hall–Kier alpha value is -3.24. The molecule has 0 bridgehead atoms. The van der Waals surface area contributed by atoms with Crippen LogP contribution in [0.25, 0.3) is 0 Å². The predicted octanol–water partition coefficient (Wildman–Crippen LogP) is 3.48. The number of hydrogen-bond acceptors (Lipinski definition) is 4. The molecular formula is C21H22F4N4O3. The van der Waals surface area contributed by atoms with E-state index in [1.165, 1.54) is 24.5 Å². The number of aromatic nitrogens is 2. The van der Waals surface area contributed by atoms with Gasteiger partial charge in [-0.15, -0.1) is 0 Å². The van der Waals surface area contributed by atoms with E-state index in [1.54, 1.807) is 5.32 Å². The number of anilines is 1. The third-order valence-electron chi connectivity index (χ3n) is 5.42. The highest BCUT2D eigenvalue weighted by Gasteiger charge is 2.39. The summed E-state index contributed by atoms with van der Waals surface area (Å²) in [6.07, 6.45) is -1.67. The number of aryl methyl sites for hydroxylation is 1. The second-order valence-electron chi connectivity index (χ2n) is 7.76. The van der Waals surface area contributed by atoms with Crippen LogP contribution >= 0.6 is 0 Å². The number of ketones is 1. The van der Waals surface area contributed by atoms with Gasteiger partial charge in [0.25, 0.3) is 17.6 Å². The number of amides is 2. The van der Waals surface area contributed by atoms with E-state index in [0.29, 0.717) is 25.1 Å². The molecule has 0 aromatic carbocycles. The quantitative estimate of drug-likeness (QED) is 0.313. The molecular weight excluding hydrogens is 432 g/mol. The van der Waals surface area contributed by atoms with Gasteiger partial charge in [0, 0.05) is 17.8 Å². The van der Waals surface area contributed by atoms with E-state index >= 15 is 0 Å². The first-order chi connectivity index (χ1) is 14.9. The zero-order valence-electron chi connectivity index (χ0n) is 17.7. The van der Waals surface area contributed by atoms with Crippen molar-refractivity contribution in [3.63, 3.8) is 0 Å². The lowest BCUT2D eigenvalue weighted by atomic mass is 10.0. The van der Waals surface area contributed by atoms with Crippen LogP contribution in [0.15, 0.2) is 12.3 Å².